The van der Waals surface area contributed by atoms with Gasteiger partial charge in [-0.1, -0.05) is 33.6 Å². The SMILES string of the molecule is C/C(=C/c1ccc(F)cc1Br)CC1COCCN1. The van der Waals surface area contributed by atoms with Crippen molar-refractivity contribution in [1.29, 1.82) is 0 Å². The molecule has 1 atom stereocenters. The highest BCUT2D eigenvalue weighted by molar-refractivity contribution is 9.10. The van der Waals surface area contributed by atoms with Crippen LogP contribution in [0.4, 0.5) is 4.39 Å². The summed E-state index contributed by atoms with van der Waals surface area (Å²) in [4.78, 5) is 0. The number of benzene rings is 1. The van der Waals surface area contributed by atoms with E-state index in [4.69, 9.17) is 4.74 Å². The largest absolute Gasteiger partial charge is 0.379 e. The molecule has 0 amide bonds. The summed E-state index contributed by atoms with van der Waals surface area (Å²) in [5.41, 5.74) is 2.26. The molecular formula is C14H17BrFNO. The van der Waals surface area contributed by atoms with Gasteiger partial charge in [-0.3, -0.25) is 0 Å². The highest BCUT2D eigenvalue weighted by Crippen LogP contribution is 2.22. The summed E-state index contributed by atoms with van der Waals surface area (Å²) < 4.78 is 19.2. The van der Waals surface area contributed by atoms with Gasteiger partial charge in [-0.15, -0.1) is 0 Å². The first-order valence-corrected chi connectivity index (χ1v) is 6.88. The van der Waals surface area contributed by atoms with Crippen LogP contribution in [0, 0.1) is 5.82 Å². The second kappa shape index (κ2) is 6.45. The van der Waals surface area contributed by atoms with Gasteiger partial charge in [0.15, 0.2) is 0 Å². The number of nitrogens with one attached hydrogen (secondary N) is 1. The van der Waals surface area contributed by atoms with Crippen molar-refractivity contribution in [3.05, 3.63) is 39.6 Å². The van der Waals surface area contributed by atoms with Crippen LogP contribution in [0.3, 0.4) is 0 Å². The van der Waals surface area contributed by atoms with E-state index in [9.17, 15) is 4.39 Å². The Bertz CT molecular complexity index is 441. The van der Waals surface area contributed by atoms with Gasteiger partial charge in [-0.05, 0) is 31.0 Å². The number of rotatable bonds is 3. The van der Waals surface area contributed by atoms with Gasteiger partial charge in [0.25, 0.3) is 0 Å². The third-order valence-electron chi connectivity index (χ3n) is 2.93. The van der Waals surface area contributed by atoms with E-state index in [2.05, 4.69) is 34.2 Å². The van der Waals surface area contributed by atoms with Crippen molar-refractivity contribution in [3.63, 3.8) is 0 Å². The number of hydrogen-bond acceptors (Lipinski definition) is 2. The van der Waals surface area contributed by atoms with Crippen molar-refractivity contribution in [2.24, 2.45) is 0 Å². The molecule has 0 aromatic heterocycles. The first-order valence-electron chi connectivity index (χ1n) is 6.08. The minimum Gasteiger partial charge on any atom is -0.379 e. The van der Waals surface area contributed by atoms with Crippen molar-refractivity contribution in [1.82, 2.24) is 5.32 Å². The number of hydrogen-bond donors (Lipinski definition) is 1. The van der Waals surface area contributed by atoms with E-state index in [-0.39, 0.29) is 5.82 Å². The van der Waals surface area contributed by atoms with Crippen LogP contribution in [0.25, 0.3) is 6.08 Å². The average Bonchev–Trinajstić information content (AvgIpc) is 2.34. The molecule has 98 valence electrons. The summed E-state index contributed by atoms with van der Waals surface area (Å²) in [7, 11) is 0. The molecule has 1 heterocycles. The number of ether oxygens (including phenoxy) is 1. The van der Waals surface area contributed by atoms with E-state index >= 15 is 0 Å². The van der Waals surface area contributed by atoms with Crippen molar-refractivity contribution in [2.45, 2.75) is 19.4 Å². The molecule has 1 aliphatic heterocycles. The standard InChI is InChI=1S/C14H17BrFNO/c1-10(7-13-9-18-5-4-17-13)6-11-2-3-12(16)8-14(11)15/h2-3,6,8,13,17H,4-5,7,9H2,1H3/b10-6-. The van der Waals surface area contributed by atoms with Gasteiger partial charge in [0, 0.05) is 17.1 Å². The number of halogens is 2. The highest BCUT2D eigenvalue weighted by atomic mass is 79.9. The topological polar surface area (TPSA) is 21.3 Å². The molecule has 1 aromatic carbocycles. The van der Waals surface area contributed by atoms with E-state index < -0.39 is 0 Å². The van der Waals surface area contributed by atoms with Crippen LogP contribution >= 0.6 is 15.9 Å². The summed E-state index contributed by atoms with van der Waals surface area (Å²) in [5.74, 6) is -0.223. The Morgan fingerprint density at radius 3 is 3.11 bits per heavy atom. The summed E-state index contributed by atoms with van der Waals surface area (Å²) in [5, 5.41) is 3.42. The Morgan fingerprint density at radius 2 is 2.44 bits per heavy atom. The van der Waals surface area contributed by atoms with Gasteiger partial charge in [0.05, 0.1) is 13.2 Å². The van der Waals surface area contributed by atoms with E-state index in [1.165, 1.54) is 17.7 Å². The zero-order valence-electron chi connectivity index (χ0n) is 10.4. The second-order valence-electron chi connectivity index (χ2n) is 4.59. The van der Waals surface area contributed by atoms with Gasteiger partial charge in [0.1, 0.15) is 5.82 Å². The molecule has 1 saturated heterocycles. The summed E-state index contributed by atoms with van der Waals surface area (Å²) >= 11 is 3.38. The lowest BCUT2D eigenvalue weighted by atomic mass is 10.0. The summed E-state index contributed by atoms with van der Waals surface area (Å²) in [6.07, 6.45) is 3.03. The van der Waals surface area contributed by atoms with E-state index in [1.54, 1.807) is 6.07 Å². The lowest BCUT2D eigenvalue weighted by molar-refractivity contribution is 0.0771. The van der Waals surface area contributed by atoms with Crippen molar-refractivity contribution in [3.8, 4) is 0 Å². The average molecular weight is 314 g/mol. The van der Waals surface area contributed by atoms with Crippen molar-refractivity contribution < 1.29 is 9.13 Å². The number of morpholine rings is 1. The quantitative estimate of drug-likeness (QED) is 0.923. The first-order chi connectivity index (χ1) is 8.65. The molecule has 0 aliphatic carbocycles. The van der Waals surface area contributed by atoms with E-state index in [0.717, 1.165) is 36.2 Å². The maximum absolute atomic E-state index is 13.0. The molecule has 0 spiro atoms. The summed E-state index contributed by atoms with van der Waals surface area (Å²) in [6, 6.07) is 5.13. The van der Waals surface area contributed by atoms with Crippen LogP contribution < -0.4 is 5.32 Å². The maximum Gasteiger partial charge on any atom is 0.124 e. The predicted molar refractivity (Wildman–Crippen MR) is 75.0 cm³/mol. The molecule has 1 unspecified atom stereocenters. The Morgan fingerprint density at radius 1 is 1.61 bits per heavy atom. The van der Waals surface area contributed by atoms with Crippen LogP contribution in [-0.4, -0.2) is 25.8 Å². The molecule has 0 radical (unpaired) electrons. The van der Waals surface area contributed by atoms with Crippen molar-refractivity contribution in [2.75, 3.05) is 19.8 Å². The fraction of sp³-hybridized carbons (Fsp3) is 0.429. The zero-order chi connectivity index (χ0) is 13.0. The van der Waals surface area contributed by atoms with Crippen LogP contribution in [0.1, 0.15) is 18.9 Å². The van der Waals surface area contributed by atoms with Gasteiger partial charge in [-0.25, -0.2) is 4.39 Å². The molecule has 0 saturated carbocycles. The highest BCUT2D eigenvalue weighted by Gasteiger charge is 2.13. The fourth-order valence-corrected chi connectivity index (χ4v) is 2.55. The molecule has 1 aliphatic rings. The Kier molecular flexibility index (Phi) is 4.92. The molecule has 2 rings (SSSR count). The Balaban J connectivity index is 2.02. The van der Waals surface area contributed by atoms with Gasteiger partial charge in [0.2, 0.25) is 0 Å². The van der Waals surface area contributed by atoms with Gasteiger partial charge in [-0.2, -0.15) is 0 Å². The maximum atomic E-state index is 13.0. The van der Waals surface area contributed by atoms with Gasteiger partial charge >= 0.3 is 0 Å². The zero-order valence-corrected chi connectivity index (χ0v) is 12.0. The molecule has 1 fully saturated rings. The third kappa shape index (κ3) is 3.90. The van der Waals surface area contributed by atoms with Crippen LogP contribution in [0.5, 0.6) is 0 Å². The summed E-state index contributed by atoms with van der Waals surface area (Å²) in [6.45, 7) is 4.56. The van der Waals surface area contributed by atoms with Gasteiger partial charge < -0.3 is 10.1 Å². The predicted octanol–water partition coefficient (Wildman–Crippen LogP) is 3.37. The monoisotopic (exact) mass is 313 g/mol. The van der Waals surface area contributed by atoms with Crippen LogP contribution in [0.15, 0.2) is 28.2 Å². The third-order valence-corrected chi connectivity index (χ3v) is 3.62. The molecule has 2 nitrogen and oxygen atoms in total. The molecule has 1 N–H and O–H groups in total. The Labute approximate surface area is 115 Å². The van der Waals surface area contributed by atoms with Crippen LogP contribution in [-0.2, 0) is 4.74 Å². The lowest BCUT2D eigenvalue weighted by Crippen LogP contribution is -2.41. The fourth-order valence-electron chi connectivity index (χ4n) is 2.08. The van der Waals surface area contributed by atoms with E-state index in [0.29, 0.717) is 6.04 Å². The first kappa shape index (κ1) is 13.7. The minimum atomic E-state index is -0.223. The molecule has 4 heteroatoms. The van der Waals surface area contributed by atoms with E-state index in [1.807, 2.05) is 0 Å². The molecule has 18 heavy (non-hydrogen) atoms. The molecular weight excluding hydrogens is 297 g/mol. The van der Waals surface area contributed by atoms with Crippen molar-refractivity contribution >= 4 is 22.0 Å². The van der Waals surface area contributed by atoms with Crippen LogP contribution in [0.2, 0.25) is 0 Å². The normalized spacial score (nSPS) is 21.1. The minimum absolute atomic E-state index is 0.223. The molecule has 1 aromatic rings. The smallest absolute Gasteiger partial charge is 0.124 e. The molecule has 0 bridgehead atoms. The lowest BCUT2D eigenvalue weighted by Gasteiger charge is -2.24. The second-order valence-corrected chi connectivity index (χ2v) is 5.44. The Hall–Kier alpha value is -0.710.